The number of ether oxygens (including phenoxy) is 1. The lowest BCUT2D eigenvalue weighted by atomic mass is 9.85. The third-order valence-electron chi connectivity index (χ3n) is 5.47. The summed E-state index contributed by atoms with van der Waals surface area (Å²) in [4.78, 5) is 21.1. The lowest BCUT2D eigenvalue weighted by molar-refractivity contribution is -0.174. The number of rotatable bonds is 4. The number of nitrogens with one attached hydrogen (secondary N) is 2. The van der Waals surface area contributed by atoms with Gasteiger partial charge in [-0.2, -0.15) is 13.2 Å². The number of halogens is 4. The Morgan fingerprint density at radius 1 is 1.26 bits per heavy atom. The molecule has 0 radical (unpaired) electrons. The molecule has 0 aliphatic carbocycles. The molecule has 2 heterocycles. The Morgan fingerprint density at radius 3 is 2.71 bits per heavy atom. The van der Waals surface area contributed by atoms with Crippen molar-refractivity contribution in [3.8, 4) is 5.75 Å². The minimum atomic E-state index is -5.02. The molecule has 4 rings (SSSR count). The predicted octanol–water partition coefficient (Wildman–Crippen LogP) is 3.75. The zero-order chi connectivity index (χ0) is 22.2. The molecule has 31 heavy (non-hydrogen) atoms. The van der Waals surface area contributed by atoms with Gasteiger partial charge in [-0.05, 0) is 36.2 Å². The first-order valence-electron chi connectivity index (χ1n) is 9.67. The number of hydrogen-bond donors (Lipinski definition) is 2. The fraction of sp³-hybridized carbons (Fsp3) is 0.333. The minimum Gasteiger partial charge on any atom is -0.494 e. The third kappa shape index (κ3) is 4.28. The van der Waals surface area contributed by atoms with Gasteiger partial charge in [0.1, 0.15) is 0 Å². The number of methoxy groups -OCH3 is 1. The van der Waals surface area contributed by atoms with Gasteiger partial charge < -0.3 is 19.9 Å². The molecule has 1 aliphatic heterocycles. The van der Waals surface area contributed by atoms with Gasteiger partial charge in [-0.1, -0.05) is 18.2 Å². The van der Waals surface area contributed by atoms with Crippen LogP contribution in [0.5, 0.6) is 5.75 Å². The number of hydrogen-bond acceptors (Lipinski definition) is 4. The van der Waals surface area contributed by atoms with Gasteiger partial charge in [-0.15, -0.1) is 0 Å². The van der Waals surface area contributed by atoms with Crippen molar-refractivity contribution in [3.05, 3.63) is 53.8 Å². The van der Waals surface area contributed by atoms with Crippen LogP contribution in [0.25, 0.3) is 11.0 Å². The second-order valence-corrected chi connectivity index (χ2v) is 7.39. The first kappa shape index (κ1) is 21.0. The second kappa shape index (κ2) is 8.09. The molecule has 10 heteroatoms. The molecular weight excluding hydrogens is 416 g/mol. The van der Waals surface area contributed by atoms with Crippen LogP contribution in [0.15, 0.2) is 42.5 Å². The summed E-state index contributed by atoms with van der Waals surface area (Å²) in [5.74, 6) is -2.60. The maximum atomic E-state index is 14.2. The largest absolute Gasteiger partial charge is 0.494 e. The van der Waals surface area contributed by atoms with Crippen molar-refractivity contribution in [1.29, 1.82) is 0 Å². The summed E-state index contributed by atoms with van der Waals surface area (Å²) in [5, 5.41) is 2.09. The van der Waals surface area contributed by atoms with Crippen molar-refractivity contribution in [2.75, 3.05) is 25.1 Å². The molecule has 2 aromatic carbocycles. The van der Waals surface area contributed by atoms with Crippen LogP contribution in [0.2, 0.25) is 0 Å². The van der Waals surface area contributed by atoms with E-state index < -0.39 is 29.9 Å². The lowest BCUT2D eigenvalue weighted by Gasteiger charge is -2.39. The Hall–Kier alpha value is -3.30. The van der Waals surface area contributed by atoms with Crippen LogP contribution in [0.1, 0.15) is 17.9 Å². The summed E-state index contributed by atoms with van der Waals surface area (Å²) in [6.45, 7) is 0.552. The average Bonchev–Trinajstić information content (AvgIpc) is 3.17. The van der Waals surface area contributed by atoms with Gasteiger partial charge in [-0.3, -0.25) is 4.79 Å². The molecule has 0 saturated carbocycles. The maximum Gasteiger partial charge on any atom is 0.471 e. The highest BCUT2D eigenvalue weighted by atomic mass is 19.4. The highest BCUT2D eigenvalue weighted by Crippen LogP contribution is 2.33. The number of imidazole rings is 1. The topological polar surface area (TPSA) is 70.2 Å². The molecule has 1 saturated heterocycles. The normalized spacial score (nSPS) is 19.5. The van der Waals surface area contributed by atoms with Gasteiger partial charge in [0.05, 0.1) is 24.2 Å². The van der Waals surface area contributed by atoms with Gasteiger partial charge >= 0.3 is 12.1 Å². The summed E-state index contributed by atoms with van der Waals surface area (Å²) in [6.07, 6.45) is -4.62. The van der Waals surface area contributed by atoms with Gasteiger partial charge in [0.2, 0.25) is 5.95 Å². The highest BCUT2D eigenvalue weighted by Gasteiger charge is 2.42. The van der Waals surface area contributed by atoms with Gasteiger partial charge in [-0.25, -0.2) is 9.37 Å². The predicted molar refractivity (Wildman–Crippen MR) is 107 cm³/mol. The molecule has 1 fully saturated rings. The van der Waals surface area contributed by atoms with E-state index in [4.69, 9.17) is 4.74 Å². The number of fused-ring (bicyclic) bond motifs is 1. The number of amides is 1. The summed E-state index contributed by atoms with van der Waals surface area (Å²) in [7, 11) is 1.33. The molecule has 1 aromatic heterocycles. The quantitative estimate of drug-likeness (QED) is 0.612. The number of piperidine rings is 1. The van der Waals surface area contributed by atoms with Crippen molar-refractivity contribution in [2.24, 2.45) is 0 Å². The zero-order valence-corrected chi connectivity index (χ0v) is 16.5. The van der Waals surface area contributed by atoms with E-state index in [1.165, 1.54) is 19.2 Å². The number of benzene rings is 2. The number of nitrogens with zero attached hydrogens (tertiary/aromatic N) is 2. The van der Waals surface area contributed by atoms with Crippen LogP contribution >= 0.6 is 0 Å². The van der Waals surface area contributed by atoms with Gasteiger partial charge in [0.15, 0.2) is 11.6 Å². The SMILES string of the molecule is COc1ccc(C2CCN(c3nc4ccccc4[nH]3)CC2NC(=O)C(F)(F)F)cc1F. The first-order chi connectivity index (χ1) is 14.8. The number of alkyl halides is 3. The molecule has 1 aliphatic rings. The van der Waals surface area contributed by atoms with E-state index in [1.54, 1.807) is 11.0 Å². The number of para-hydroxylation sites is 2. The smallest absolute Gasteiger partial charge is 0.471 e. The number of anilines is 1. The van der Waals surface area contributed by atoms with Crippen LogP contribution in [-0.2, 0) is 4.79 Å². The number of H-pyrrole nitrogens is 1. The van der Waals surface area contributed by atoms with Gasteiger partial charge in [0, 0.05) is 19.0 Å². The number of aromatic nitrogens is 2. The molecule has 1 amide bonds. The fourth-order valence-electron chi connectivity index (χ4n) is 3.94. The van der Waals surface area contributed by atoms with Crippen LogP contribution in [0, 0.1) is 5.82 Å². The summed E-state index contributed by atoms with van der Waals surface area (Å²) in [5.41, 5.74) is 2.02. The Labute approximate surface area is 175 Å². The van der Waals surface area contributed by atoms with E-state index in [9.17, 15) is 22.4 Å². The Bertz CT molecular complexity index is 1070. The van der Waals surface area contributed by atoms with E-state index in [0.29, 0.717) is 24.5 Å². The van der Waals surface area contributed by atoms with Crippen molar-refractivity contribution in [1.82, 2.24) is 15.3 Å². The maximum absolute atomic E-state index is 14.2. The van der Waals surface area contributed by atoms with Crippen LogP contribution in [0.4, 0.5) is 23.5 Å². The molecular formula is C21H20F4N4O2. The lowest BCUT2D eigenvalue weighted by Crippen LogP contribution is -2.54. The molecule has 6 nitrogen and oxygen atoms in total. The van der Waals surface area contributed by atoms with E-state index >= 15 is 0 Å². The summed E-state index contributed by atoms with van der Waals surface area (Å²) >= 11 is 0. The standard InChI is InChI=1S/C21H20F4N4O2/c1-31-18-7-6-12(10-14(18)22)13-8-9-29(11-17(13)26-19(30)21(23,24)25)20-27-15-4-2-3-5-16(15)28-20/h2-7,10,13,17H,8-9,11H2,1H3,(H,26,30)(H,27,28). The molecule has 2 unspecified atom stereocenters. The Kier molecular flexibility index (Phi) is 5.47. The second-order valence-electron chi connectivity index (χ2n) is 7.39. The van der Waals surface area contributed by atoms with Crippen molar-refractivity contribution in [3.63, 3.8) is 0 Å². The molecule has 164 valence electrons. The third-order valence-corrected chi connectivity index (χ3v) is 5.47. The summed E-state index contributed by atoms with van der Waals surface area (Å²) < 4.78 is 57.9. The highest BCUT2D eigenvalue weighted by molar-refractivity contribution is 5.82. The molecule has 0 spiro atoms. The minimum absolute atomic E-state index is 0.0411. The Morgan fingerprint density at radius 2 is 2.03 bits per heavy atom. The first-order valence-corrected chi connectivity index (χ1v) is 9.67. The van der Waals surface area contributed by atoms with Gasteiger partial charge in [0.25, 0.3) is 0 Å². The number of aromatic amines is 1. The van der Waals surface area contributed by atoms with E-state index in [0.717, 1.165) is 11.0 Å². The van der Waals surface area contributed by atoms with E-state index in [1.807, 2.05) is 24.3 Å². The average molecular weight is 436 g/mol. The van der Waals surface area contributed by atoms with Crippen LogP contribution in [0.3, 0.4) is 0 Å². The fourth-order valence-corrected chi connectivity index (χ4v) is 3.94. The van der Waals surface area contributed by atoms with Crippen LogP contribution < -0.4 is 15.0 Å². The monoisotopic (exact) mass is 436 g/mol. The van der Waals surface area contributed by atoms with Crippen LogP contribution in [-0.4, -0.2) is 48.3 Å². The van der Waals surface area contributed by atoms with Crippen molar-refractivity contribution < 1.29 is 27.1 Å². The Balaban J connectivity index is 1.63. The van der Waals surface area contributed by atoms with Crippen molar-refractivity contribution >= 4 is 22.9 Å². The molecule has 2 N–H and O–H groups in total. The number of carbonyl (C=O) groups excluding carboxylic acids is 1. The number of carbonyl (C=O) groups is 1. The zero-order valence-electron chi connectivity index (χ0n) is 16.5. The van der Waals surface area contributed by atoms with E-state index in [-0.39, 0.29) is 12.3 Å². The summed E-state index contributed by atoms with van der Waals surface area (Å²) in [6, 6.07) is 10.7. The molecule has 0 bridgehead atoms. The molecule has 3 aromatic rings. The van der Waals surface area contributed by atoms with Crippen molar-refractivity contribution in [2.45, 2.75) is 24.6 Å². The molecule has 2 atom stereocenters. The van der Waals surface area contributed by atoms with E-state index in [2.05, 4.69) is 15.3 Å².